The van der Waals surface area contributed by atoms with Gasteiger partial charge in [0, 0.05) is 11.3 Å². The number of carbonyl (C=O) groups is 1. The van der Waals surface area contributed by atoms with E-state index in [1.54, 1.807) is 12.1 Å². The second kappa shape index (κ2) is 7.88. The van der Waals surface area contributed by atoms with Crippen LogP contribution in [0.4, 0.5) is 18.9 Å². The van der Waals surface area contributed by atoms with Gasteiger partial charge in [0.05, 0.1) is 20.4 Å². The maximum atomic E-state index is 12.8. The molecule has 0 aliphatic rings. The number of nitrogens with one attached hydrogen (secondary N) is 1. The van der Waals surface area contributed by atoms with Crippen LogP contribution in [0.1, 0.15) is 15.9 Å². The molecule has 0 spiro atoms. The van der Waals surface area contributed by atoms with E-state index in [9.17, 15) is 26.4 Å². The summed E-state index contributed by atoms with van der Waals surface area (Å²) in [7, 11) is -3.86. The summed E-state index contributed by atoms with van der Waals surface area (Å²) in [5.41, 5.74) is -0.885. The molecule has 3 aromatic rings. The zero-order chi connectivity index (χ0) is 21.2. The van der Waals surface area contributed by atoms with Gasteiger partial charge in [0.15, 0.2) is 0 Å². The van der Waals surface area contributed by atoms with Crippen molar-refractivity contribution >= 4 is 33.0 Å². The molecule has 29 heavy (non-hydrogen) atoms. The van der Waals surface area contributed by atoms with Crippen LogP contribution in [0.25, 0.3) is 0 Å². The third kappa shape index (κ3) is 4.60. The number of rotatable bonds is 4. The molecule has 150 valence electrons. The van der Waals surface area contributed by atoms with Crippen LogP contribution in [-0.2, 0) is 16.0 Å². The Morgan fingerprint density at radius 1 is 0.897 bits per heavy atom. The van der Waals surface area contributed by atoms with Gasteiger partial charge in [-0.3, -0.25) is 4.79 Å². The molecule has 0 bridgehead atoms. The lowest BCUT2D eigenvalue weighted by Crippen LogP contribution is -2.14. The highest BCUT2D eigenvalue weighted by molar-refractivity contribution is 7.91. The van der Waals surface area contributed by atoms with Gasteiger partial charge in [-0.1, -0.05) is 29.8 Å². The van der Waals surface area contributed by atoms with Gasteiger partial charge in [-0.2, -0.15) is 13.2 Å². The fourth-order valence-corrected chi connectivity index (χ4v) is 4.32. The Balaban J connectivity index is 1.81. The molecule has 0 atom stereocenters. The van der Waals surface area contributed by atoms with E-state index in [2.05, 4.69) is 5.32 Å². The molecular formula is C20H13ClF3NO3S. The third-order valence-electron chi connectivity index (χ3n) is 4.00. The van der Waals surface area contributed by atoms with Gasteiger partial charge in [0.25, 0.3) is 5.91 Å². The first kappa shape index (κ1) is 20.9. The van der Waals surface area contributed by atoms with E-state index in [4.69, 9.17) is 11.6 Å². The summed E-state index contributed by atoms with van der Waals surface area (Å²) < 4.78 is 63.7. The van der Waals surface area contributed by atoms with Gasteiger partial charge in [0.1, 0.15) is 0 Å². The van der Waals surface area contributed by atoms with Crippen LogP contribution < -0.4 is 5.32 Å². The summed E-state index contributed by atoms with van der Waals surface area (Å²) in [6.07, 6.45) is -4.56. The normalized spacial score (nSPS) is 11.9. The number of hydrogen-bond acceptors (Lipinski definition) is 3. The van der Waals surface area contributed by atoms with Gasteiger partial charge >= 0.3 is 6.18 Å². The Kier molecular flexibility index (Phi) is 5.68. The van der Waals surface area contributed by atoms with E-state index in [0.717, 1.165) is 18.2 Å². The zero-order valence-corrected chi connectivity index (χ0v) is 16.1. The van der Waals surface area contributed by atoms with Crippen molar-refractivity contribution < 1.29 is 26.4 Å². The van der Waals surface area contributed by atoms with Gasteiger partial charge < -0.3 is 5.32 Å². The lowest BCUT2D eigenvalue weighted by Gasteiger charge is -2.10. The lowest BCUT2D eigenvalue weighted by molar-refractivity contribution is -0.137. The SMILES string of the molecule is O=C(Nc1ccc(S(=O)(=O)c2ccccc2Cl)cc1)c1cccc(C(F)(F)F)c1. The van der Waals surface area contributed by atoms with Crippen molar-refractivity contribution in [3.63, 3.8) is 0 Å². The molecular weight excluding hydrogens is 427 g/mol. The fraction of sp³-hybridized carbons (Fsp3) is 0.0500. The fourth-order valence-electron chi connectivity index (χ4n) is 2.55. The minimum Gasteiger partial charge on any atom is -0.322 e. The molecule has 4 nitrogen and oxygen atoms in total. The van der Waals surface area contributed by atoms with Crippen LogP contribution in [0, 0.1) is 0 Å². The van der Waals surface area contributed by atoms with Crippen molar-refractivity contribution in [2.75, 3.05) is 5.32 Å². The molecule has 0 saturated carbocycles. The maximum Gasteiger partial charge on any atom is 0.416 e. The van der Waals surface area contributed by atoms with E-state index in [0.29, 0.717) is 0 Å². The predicted molar refractivity (Wildman–Crippen MR) is 103 cm³/mol. The standard InChI is InChI=1S/C20H13ClF3NO3S/c21-17-6-1-2-7-18(17)29(27,28)16-10-8-15(9-11-16)25-19(26)13-4-3-5-14(12-13)20(22,23)24/h1-12H,(H,25,26). The summed E-state index contributed by atoms with van der Waals surface area (Å²) >= 11 is 5.96. The maximum absolute atomic E-state index is 12.8. The Bertz CT molecular complexity index is 1160. The van der Waals surface area contributed by atoms with E-state index >= 15 is 0 Å². The van der Waals surface area contributed by atoms with E-state index in [1.807, 2.05) is 0 Å². The topological polar surface area (TPSA) is 63.2 Å². The van der Waals surface area contributed by atoms with Crippen molar-refractivity contribution in [1.82, 2.24) is 0 Å². The van der Waals surface area contributed by atoms with Crippen molar-refractivity contribution in [3.8, 4) is 0 Å². The first-order valence-electron chi connectivity index (χ1n) is 8.17. The highest BCUT2D eigenvalue weighted by Crippen LogP contribution is 2.30. The minimum absolute atomic E-state index is 0.0392. The van der Waals surface area contributed by atoms with Crippen molar-refractivity contribution in [1.29, 1.82) is 0 Å². The number of benzene rings is 3. The number of hydrogen-bond donors (Lipinski definition) is 1. The molecule has 0 aromatic heterocycles. The van der Waals surface area contributed by atoms with Gasteiger partial charge in [-0.25, -0.2) is 8.42 Å². The molecule has 1 amide bonds. The Hall–Kier alpha value is -2.84. The highest BCUT2D eigenvalue weighted by atomic mass is 35.5. The molecule has 0 aliphatic heterocycles. The molecule has 0 heterocycles. The van der Waals surface area contributed by atoms with Gasteiger partial charge in [-0.05, 0) is 54.6 Å². The molecule has 1 N–H and O–H groups in total. The molecule has 0 unspecified atom stereocenters. The monoisotopic (exact) mass is 439 g/mol. The molecule has 0 radical (unpaired) electrons. The minimum atomic E-state index is -4.56. The van der Waals surface area contributed by atoms with E-state index in [1.165, 1.54) is 42.5 Å². The number of sulfone groups is 1. The molecule has 0 fully saturated rings. The van der Waals surface area contributed by atoms with Crippen LogP contribution in [0.5, 0.6) is 0 Å². The molecule has 9 heteroatoms. The summed E-state index contributed by atoms with van der Waals surface area (Å²) in [6, 6.07) is 15.2. The van der Waals surface area contributed by atoms with Gasteiger partial charge in [0.2, 0.25) is 9.84 Å². The number of amides is 1. The highest BCUT2D eigenvalue weighted by Gasteiger charge is 2.31. The van der Waals surface area contributed by atoms with Crippen LogP contribution in [-0.4, -0.2) is 14.3 Å². The van der Waals surface area contributed by atoms with Crippen LogP contribution >= 0.6 is 11.6 Å². The third-order valence-corrected chi connectivity index (χ3v) is 6.27. The average Bonchev–Trinajstić information content (AvgIpc) is 2.68. The summed E-state index contributed by atoms with van der Waals surface area (Å²) in [5, 5.41) is 2.52. The number of anilines is 1. The first-order valence-corrected chi connectivity index (χ1v) is 10.0. The van der Waals surface area contributed by atoms with Crippen molar-refractivity contribution in [2.24, 2.45) is 0 Å². The van der Waals surface area contributed by atoms with E-state index < -0.39 is 27.5 Å². The molecule has 3 aromatic carbocycles. The largest absolute Gasteiger partial charge is 0.416 e. The number of halogens is 4. The summed E-state index contributed by atoms with van der Waals surface area (Å²) in [6.45, 7) is 0. The zero-order valence-electron chi connectivity index (χ0n) is 14.6. The predicted octanol–water partition coefficient (Wildman–Crippen LogP) is 5.44. The number of alkyl halides is 3. The first-order chi connectivity index (χ1) is 13.6. The van der Waals surface area contributed by atoms with E-state index in [-0.39, 0.29) is 26.1 Å². The van der Waals surface area contributed by atoms with Crippen molar-refractivity contribution in [2.45, 2.75) is 16.0 Å². The Morgan fingerprint density at radius 3 is 2.17 bits per heavy atom. The summed E-state index contributed by atoms with van der Waals surface area (Å²) in [5.74, 6) is -0.752. The lowest BCUT2D eigenvalue weighted by atomic mass is 10.1. The molecule has 0 saturated heterocycles. The van der Waals surface area contributed by atoms with Gasteiger partial charge in [-0.15, -0.1) is 0 Å². The Morgan fingerprint density at radius 2 is 1.55 bits per heavy atom. The van der Waals surface area contributed by atoms with Crippen LogP contribution in [0.15, 0.2) is 82.6 Å². The number of carbonyl (C=O) groups excluding carboxylic acids is 1. The van der Waals surface area contributed by atoms with Crippen LogP contribution in [0.2, 0.25) is 5.02 Å². The quantitative estimate of drug-likeness (QED) is 0.588. The smallest absolute Gasteiger partial charge is 0.322 e. The average molecular weight is 440 g/mol. The molecule has 3 rings (SSSR count). The second-order valence-electron chi connectivity index (χ2n) is 5.99. The second-order valence-corrected chi connectivity index (χ2v) is 8.32. The summed E-state index contributed by atoms with van der Waals surface area (Å²) in [4.78, 5) is 12.1. The van der Waals surface area contributed by atoms with Crippen LogP contribution in [0.3, 0.4) is 0 Å². The Labute approximate surface area is 169 Å². The van der Waals surface area contributed by atoms with Crippen molar-refractivity contribution in [3.05, 3.63) is 88.9 Å². The molecule has 0 aliphatic carbocycles.